The topological polar surface area (TPSA) is 61.2 Å². The number of esters is 1. The van der Waals surface area contributed by atoms with Crippen LogP contribution in [0.1, 0.15) is 36.3 Å². The molecule has 0 saturated heterocycles. The van der Waals surface area contributed by atoms with Gasteiger partial charge in [0.15, 0.2) is 5.16 Å². The molecule has 4 rings (SSSR count). The van der Waals surface area contributed by atoms with Gasteiger partial charge in [0, 0.05) is 4.88 Å². The fourth-order valence-corrected chi connectivity index (χ4v) is 5.95. The minimum absolute atomic E-state index is 0.0442. The third kappa shape index (κ3) is 3.98. The molecule has 0 amide bonds. The first kappa shape index (κ1) is 20.2. The van der Waals surface area contributed by atoms with Gasteiger partial charge in [0.2, 0.25) is 0 Å². The fourth-order valence-electron chi connectivity index (χ4n) is 3.72. The molecule has 7 heteroatoms. The van der Waals surface area contributed by atoms with E-state index >= 15 is 0 Å². The first-order valence-electron chi connectivity index (χ1n) is 9.90. The van der Waals surface area contributed by atoms with Crippen molar-refractivity contribution >= 4 is 39.3 Å². The molecule has 152 valence electrons. The van der Waals surface area contributed by atoms with E-state index in [9.17, 15) is 9.59 Å². The Labute approximate surface area is 178 Å². The number of aryl methyl sites for hydroxylation is 2. The average Bonchev–Trinajstić information content (AvgIpc) is 3.05. The van der Waals surface area contributed by atoms with E-state index in [1.807, 2.05) is 31.2 Å². The lowest BCUT2D eigenvalue weighted by Gasteiger charge is -2.17. The standard InChI is InChI=1S/C22H24N2O3S2/c1-4-27-18(25)12-28-22-23-20-19(16-10-7-14(3)11-17(16)29-20)21(26)24(22)15-8-5-13(2)6-9-15/h5-6,8-9,14H,4,7,10-12H2,1-3H3. The van der Waals surface area contributed by atoms with E-state index in [0.29, 0.717) is 17.7 Å². The van der Waals surface area contributed by atoms with Gasteiger partial charge in [0.05, 0.1) is 23.4 Å². The highest BCUT2D eigenvalue weighted by atomic mass is 32.2. The van der Waals surface area contributed by atoms with E-state index in [1.165, 1.54) is 22.2 Å². The van der Waals surface area contributed by atoms with Gasteiger partial charge in [-0.2, -0.15) is 0 Å². The van der Waals surface area contributed by atoms with Crippen molar-refractivity contribution in [2.45, 2.75) is 45.2 Å². The number of carbonyl (C=O) groups is 1. The molecular formula is C22H24N2O3S2. The number of fused-ring (bicyclic) bond motifs is 3. The SMILES string of the molecule is CCOC(=O)CSc1nc2sc3c(c2c(=O)n1-c1ccc(C)cc1)CCC(C)C3. The molecule has 2 heterocycles. The van der Waals surface area contributed by atoms with Crippen molar-refractivity contribution in [1.82, 2.24) is 9.55 Å². The zero-order valence-corrected chi connectivity index (χ0v) is 18.5. The van der Waals surface area contributed by atoms with E-state index in [2.05, 4.69) is 6.92 Å². The lowest BCUT2D eigenvalue weighted by Crippen LogP contribution is -2.23. The highest BCUT2D eigenvalue weighted by Gasteiger charge is 2.25. The average molecular weight is 429 g/mol. The van der Waals surface area contributed by atoms with Crippen LogP contribution >= 0.6 is 23.1 Å². The number of rotatable bonds is 5. The quantitative estimate of drug-likeness (QED) is 0.339. The van der Waals surface area contributed by atoms with Gasteiger partial charge in [-0.15, -0.1) is 11.3 Å². The number of aromatic nitrogens is 2. The summed E-state index contributed by atoms with van der Waals surface area (Å²) in [5.41, 5.74) is 3.02. The summed E-state index contributed by atoms with van der Waals surface area (Å²) in [4.78, 5) is 32.4. The van der Waals surface area contributed by atoms with Crippen molar-refractivity contribution in [3.05, 3.63) is 50.6 Å². The number of hydrogen-bond acceptors (Lipinski definition) is 6. The summed E-state index contributed by atoms with van der Waals surface area (Å²) in [6, 6.07) is 7.83. The first-order chi connectivity index (χ1) is 14.0. The normalized spacial score (nSPS) is 16.0. The molecule has 1 unspecified atom stereocenters. The zero-order valence-electron chi connectivity index (χ0n) is 16.9. The third-order valence-electron chi connectivity index (χ3n) is 5.22. The van der Waals surface area contributed by atoms with Crippen LogP contribution in [0.25, 0.3) is 15.9 Å². The molecule has 1 aromatic carbocycles. The molecule has 1 aliphatic rings. The summed E-state index contributed by atoms with van der Waals surface area (Å²) in [7, 11) is 0. The number of thioether (sulfide) groups is 1. The minimum atomic E-state index is -0.304. The molecule has 0 aliphatic heterocycles. The molecule has 2 aromatic heterocycles. The number of carbonyl (C=O) groups excluding carboxylic acids is 1. The van der Waals surface area contributed by atoms with E-state index in [1.54, 1.807) is 22.8 Å². The van der Waals surface area contributed by atoms with Crippen LogP contribution in [0.2, 0.25) is 0 Å². The van der Waals surface area contributed by atoms with Crippen LogP contribution in [0.3, 0.4) is 0 Å². The molecule has 29 heavy (non-hydrogen) atoms. The predicted octanol–water partition coefficient (Wildman–Crippen LogP) is 4.54. The van der Waals surface area contributed by atoms with Crippen LogP contribution in [-0.2, 0) is 22.4 Å². The summed E-state index contributed by atoms with van der Waals surface area (Å²) >= 11 is 2.88. The molecule has 0 spiro atoms. The maximum Gasteiger partial charge on any atom is 0.316 e. The Hall–Kier alpha value is -2.12. The number of hydrogen-bond donors (Lipinski definition) is 0. The van der Waals surface area contributed by atoms with Gasteiger partial charge in [0.25, 0.3) is 5.56 Å². The number of benzene rings is 1. The Balaban J connectivity index is 1.87. The number of thiophene rings is 1. The Kier molecular flexibility index (Phi) is 5.79. The van der Waals surface area contributed by atoms with Crippen LogP contribution in [-0.4, -0.2) is 27.9 Å². The van der Waals surface area contributed by atoms with Crippen LogP contribution in [0.4, 0.5) is 0 Å². The van der Waals surface area contributed by atoms with E-state index < -0.39 is 0 Å². The lowest BCUT2D eigenvalue weighted by atomic mass is 9.89. The molecule has 0 fully saturated rings. The van der Waals surface area contributed by atoms with Gasteiger partial charge in [-0.25, -0.2) is 4.98 Å². The molecule has 1 aliphatic carbocycles. The molecule has 3 aromatic rings. The second-order valence-electron chi connectivity index (χ2n) is 7.50. The summed E-state index contributed by atoms with van der Waals surface area (Å²) < 4.78 is 6.70. The second-order valence-corrected chi connectivity index (χ2v) is 9.52. The van der Waals surface area contributed by atoms with Crippen LogP contribution in [0, 0.1) is 12.8 Å². The lowest BCUT2D eigenvalue weighted by molar-refractivity contribution is -0.139. The zero-order chi connectivity index (χ0) is 20.5. The summed E-state index contributed by atoms with van der Waals surface area (Å²) in [6.07, 6.45) is 3.03. The first-order valence-corrected chi connectivity index (χ1v) is 11.7. The maximum absolute atomic E-state index is 13.6. The Morgan fingerprint density at radius 3 is 2.83 bits per heavy atom. The van der Waals surface area contributed by atoms with E-state index in [0.717, 1.165) is 40.7 Å². The van der Waals surface area contributed by atoms with Gasteiger partial charge in [0.1, 0.15) is 4.83 Å². The monoisotopic (exact) mass is 428 g/mol. The molecule has 5 nitrogen and oxygen atoms in total. The van der Waals surface area contributed by atoms with Crippen molar-refractivity contribution in [2.75, 3.05) is 12.4 Å². The second kappa shape index (κ2) is 8.32. The summed E-state index contributed by atoms with van der Waals surface area (Å²) in [6.45, 7) is 6.39. The fraction of sp³-hybridized carbons (Fsp3) is 0.409. The molecule has 0 N–H and O–H groups in total. The number of ether oxygens (including phenoxy) is 1. The maximum atomic E-state index is 13.6. The highest BCUT2D eigenvalue weighted by molar-refractivity contribution is 7.99. The highest BCUT2D eigenvalue weighted by Crippen LogP contribution is 2.37. The Morgan fingerprint density at radius 2 is 2.10 bits per heavy atom. The van der Waals surface area contributed by atoms with Crippen molar-refractivity contribution in [3.8, 4) is 5.69 Å². The van der Waals surface area contributed by atoms with Crippen molar-refractivity contribution < 1.29 is 9.53 Å². The van der Waals surface area contributed by atoms with E-state index in [-0.39, 0.29) is 17.3 Å². The molecule has 1 atom stereocenters. The van der Waals surface area contributed by atoms with Gasteiger partial charge in [-0.3, -0.25) is 14.2 Å². The van der Waals surface area contributed by atoms with Gasteiger partial charge in [-0.05, 0) is 56.7 Å². The molecule has 0 radical (unpaired) electrons. The Morgan fingerprint density at radius 1 is 1.34 bits per heavy atom. The van der Waals surface area contributed by atoms with Crippen LogP contribution in [0.5, 0.6) is 0 Å². The predicted molar refractivity (Wildman–Crippen MR) is 119 cm³/mol. The Bertz CT molecular complexity index is 1120. The smallest absolute Gasteiger partial charge is 0.316 e. The summed E-state index contributed by atoms with van der Waals surface area (Å²) in [5.74, 6) is 0.453. The number of nitrogens with zero attached hydrogens (tertiary/aromatic N) is 2. The summed E-state index contributed by atoms with van der Waals surface area (Å²) in [5, 5.41) is 1.28. The molecular weight excluding hydrogens is 404 g/mol. The molecule has 0 saturated carbocycles. The molecule has 0 bridgehead atoms. The van der Waals surface area contributed by atoms with Crippen molar-refractivity contribution in [3.63, 3.8) is 0 Å². The van der Waals surface area contributed by atoms with Gasteiger partial charge >= 0.3 is 5.97 Å². The van der Waals surface area contributed by atoms with Crippen LogP contribution < -0.4 is 5.56 Å². The largest absolute Gasteiger partial charge is 0.465 e. The van der Waals surface area contributed by atoms with E-state index in [4.69, 9.17) is 9.72 Å². The van der Waals surface area contributed by atoms with Crippen molar-refractivity contribution in [2.24, 2.45) is 5.92 Å². The van der Waals surface area contributed by atoms with Gasteiger partial charge in [-0.1, -0.05) is 36.4 Å². The van der Waals surface area contributed by atoms with Crippen molar-refractivity contribution in [1.29, 1.82) is 0 Å². The minimum Gasteiger partial charge on any atom is -0.465 e. The van der Waals surface area contributed by atoms with Gasteiger partial charge < -0.3 is 4.74 Å². The van der Waals surface area contributed by atoms with Crippen LogP contribution in [0.15, 0.2) is 34.2 Å². The third-order valence-corrected chi connectivity index (χ3v) is 7.28.